The molecule has 3 rings (SSSR count). The molecule has 0 aromatic carbocycles. The Kier molecular flexibility index (Phi) is 3.58. The lowest BCUT2D eigenvalue weighted by molar-refractivity contribution is -0.326. The molecule has 0 spiro atoms. The third-order valence-corrected chi connectivity index (χ3v) is 7.36. The number of allylic oxidation sites excluding steroid dienone is 3. The maximum absolute atomic E-state index is 11.8. The van der Waals surface area contributed by atoms with Crippen LogP contribution in [0.1, 0.15) is 65.7 Å². The molecular weight excluding hydrogens is 272 g/mol. The van der Waals surface area contributed by atoms with Gasteiger partial charge in [-0.3, -0.25) is 0 Å². The Bertz CT molecular complexity index is 534. The largest absolute Gasteiger partial charge is 0.550 e. The van der Waals surface area contributed by atoms with Gasteiger partial charge in [0, 0.05) is 16.8 Å². The number of fused-ring (bicyclic) bond motifs is 3. The Morgan fingerprint density at radius 1 is 1.27 bits per heavy atom. The molecule has 3 aliphatic rings. The minimum absolute atomic E-state index is 0.125. The summed E-state index contributed by atoms with van der Waals surface area (Å²) in [5.41, 5.74) is 1.17. The highest BCUT2D eigenvalue weighted by atomic mass is 16.4. The maximum Gasteiger partial charge on any atom is 0.0476 e. The number of carboxylic acid groups (broad SMARTS) is 1. The standard InChI is InChI=1S/C20H30O2/c1-5-18(2)12-9-15-14(13-18)7-8-16-19(15,3)10-6-11-20(16,4)17(21)22/h5,13,15-16H,1,6-12H2,2-4H3,(H,21,22)/p-1. The zero-order valence-corrected chi connectivity index (χ0v) is 14.3. The molecule has 0 saturated heterocycles. The second-order valence-corrected chi connectivity index (χ2v) is 8.68. The van der Waals surface area contributed by atoms with E-state index in [-0.39, 0.29) is 16.7 Å². The molecule has 0 aromatic rings. The van der Waals surface area contributed by atoms with Crippen LogP contribution in [0, 0.1) is 28.1 Å². The van der Waals surface area contributed by atoms with Gasteiger partial charge in [0.15, 0.2) is 0 Å². The number of hydrogen-bond donors (Lipinski definition) is 0. The van der Waals surface area contributed by atoms with Crippen LogP contribution in [0.25, 0.3) is 0 Å². The van der Waals surface area contributed by atoms with E-state index in [0.717, 1.165) is 38.5 Å². The Hall–Kier alpha value is -1.05. The molecule has 0 aromatic heterocycles. The lowest BCUT2D eigenvalue weighted by Gasteiger charge is -2.60. The molecule has 2 fully saturated rings. The van der Waals surface area contributed by atoms with Crippen molar-refractivity contribution in [1.82, 2.24) is 0 Å². The van der Waals surface area contributed by atoms with Crippen molar-refractivity contribution in [3.8, 4) is 0 Å². The zero-order valence-electron chi connectivity index (χ0n) is 14.3. The van der Waals surface area contributed by atoms with Crippen molar-refractivity contribution >= 4 is 5.97 Å². The molecule has 2 saturated carbocycles. The summed E-state index contributed by atoms with van der Waals surface area (Å²) in [6, 6.07) is 0. The van der Waals surface area contributed by atoms with E-state index in [1.807, 2.05) is 6.92 Å². The van der Waals surface area contributed by atoms with Gasteiger partial charge in [0.1, 0.15) is 0 Å². The van der Waals surface area contributed by atoms with Crippen LogP contribution in [0.2, 0.25) is 0 Å². The highest BCUT2D eigenvalue weighted by Crippen LogP contribution is 2.63. The monoisotopic (exact) mass is 301 g/mol. The lowest BCUT2D eigenvalue weighted by Crippen LogP contribution is -2.57. The normalized spacial score (nSPS) is 47.9. The van der Waals surface area contributed by atoms with Crippen LogP contribution < -0.4 is 5.11 Å². The van der Waals surface area contributed by atoms with Gasteiger partial charge < -0.3 is 9.90 Å². The molecule has 0 bridgehead atoms. The van der Waals surface area contributed by atoms with E-state index >= 15 is 0 Å². The summed E-state index contributed by atoms with van der Waals surface area (Å²) < 4.78 is 0. The molecule has 0 heterocycles. The van der Waals surface area contributed by atoms with Crippen LogP contribution >= 0.6 is 0 Å². The molecule has 122 valence electrons. The highest BCUT2D eigenvalue weighted by molar-refractivity contribution is 5.73. The predicted molar refractivity (Wildman–Crippen MR) is 86.9 cm³/mol. The zero-order chi connectivity index (χ0) is 16.2. The van der Waals surface area contributed by atoms with Gasteiger partial charge in [-0.2, -0.15) is 0 Å². The van der Waals surface area contributed by atoms with Crippen molar-refractivity contribution in [2.24, 2.45) is 28.1 Å². The van der Waals surface area contributed by atoms with Crippen molar-refractivity contribution in [2.45, 2.75) is 65.7 Å². The maximum atomic E-state index is 11.8. The molecule has 5 unspecified atom stereocenters. The van der Waals surface area contributed by atoms with E-state index in [4.69, 9.17) is 0 Å². The van der Waals surface area contributed by atoms with Crippen molar-refractivity contribution < 1.29 is 9.90 Å². The van der Waals surface area contributed by atoms with Gasteiger partial charge in [0.2, 0.25) is 0 Å². The van der Waals surface area contributed by atoms with Crippen LogP contribution in [0.15, 0.2) is 24.3 Å². The summed E-state index contributed by atoms with van der Waals surface area (Å²) in [5, 5.41) is 11.8. The molecule has 2 nitrogen and oxygen atoms in total. The van der Waals surface area contributed by atoms with Gasteiger partial charge in [-0.1, -0.05) is 44.9 Å². The van der Waals surface area contributed by atoms with Crippen LogP contribution in [-0.2, 0) is 4.79 Å². The summed E-state index contributed by atoms with van der Waals surface area (Å²) in [4.78, 5) is 11.8. The Balaban J connectivity index is 1.99. The van der Waals surface area contributed by atoms with E-state index in [1.165, 1.54) is 6.42 Å². The topological polar surface area (TPSA) is 40.1 Å². The molecule has 22 heavy (non-hydrogen) atoms. The predicted octanol–water partition coefficient (Wildman–Crippen LogP) is 3.87. The van der Waals surface area contributed by atoms with E-state index in [2.05, 4.69) is 32.6 Å². The summed E-state index contributed by atoms with van der Waals surface area (Å²) in [6.07, 6.45) is 11.8. The van der Waals surface area contributed by atoms with Gasteiger partial charge >= 0.3 is 0 Å². The Labute approximate surface area is 134 Å². The van der Waals surface area contributed by atoms with E-state index in [1.54, 1.807) is 5.57 Å². The van der Waals surface area contributed by atoms with Gasteiger partial charge in [-0.15, -0.1) is 6.58 Å². The van der Waals surface area contributed by atoms with Crippen LogP contribution in [-0.4, -0.2) is 5.97 Å². The second-order valence-electron chi connectivity index (χ2n) is 8.68. The third kappa shape index (κ3) is 2.10. The van der Waals surface area contributed by atoms with Crippen LogP contribution in [0.5, 0.6) is 0 Å². The highest BCUT2D eigenvalue weighted by Gasteiger charge is 2.56. The smallest absolute Gasteiger partial charge is 0.0476 e. The van der Waals surface area contributed by atoms with Crippen LogP contribution in [0.4, 0.5) is 0 Å². The number of aliphatic carboxylic acids is 1. The molecule has 3 aliphatic carbocycles. The van der Waals surface area contributed by atoms with Gasteiger partial charge in [0.25, 0.3) is 0 Å². The minimum atomic E-state index is -0.831. The van der Waals surface area contributed by atoms with Crippen molar-refractivity contribution in [3.63, 3.8) is 0 Å². The Morgan fingerprint density at radius 3 is 2.64 bits per heavy atom. The lowest BCUT2D eigenvalue weighted by atomic mass is 9.45. The van der Waals surface area contributed by atoms with Gasteiger partial charge in [-0.05, 0) is 55.8 Å². The average Bonchev–Trinajstić information content (AvgIpc) is 2.46. The van der Waals surface area contributed by atoms with E-state index in [0.29, 0.717) is 5.92 Å². The number of carbonyl (C=O) groups excluding carboxylic acids is 1. The van der Waals surface area contributed by atoms with Gasteiger partial charge in [0.05, 0.1) is 0 Å². The quantitative estimate of drug-likeness (QED) is 0.726. The summed E-state index contributed by atoms with van der Waals surface area (Å²) >= 11 is 0. The second kappa shape index (κ2) is 4.97. The van der Waals surface area contributed by atoms with Crippen molar-refractivity contribution in [3.05, 3.63) is 24.3 Å². The first-order chi connectivity index (χ1) is 10.3. The van der Waals surface area contributed by atoms with E-state index < -0.39 is 11.4 Å². The third-order valence-electron chi connectivity index (χ3n) is 7.36. The fourth-order valence-corrected chi connectivity index (χ4v) is 5.93. The van der Waals surface area contributed by atoms with E-state index in [9.17, 15) is 9.90 Å². The summed E-state index contributed by atoms with van der Waals surface area (Å²) in [5.74, 6) is -0.0187. The molecule has 0 aliphatic heterocycles. The first-order valence-corrected chi connectivity index (χ1v) is 8.82. The first kappa shape index (κ1) is 15.8. The molecular formula is C20H29O2-. The number of rotatable bonds is 2. The molecule has 0 N–H and O–H groups in total. The van der Waals surface area contributed by atoms with Crippen LogP contribution in [0.3, 0.4) is 0 Å². The average molecular weight is 301 g/mol. The van der Waals surface area contributed by atoms with Gasteiger partial charge in [-0.25, -0.2) is 0 Å². The number of hydrogen-bond acceptors (Lipinski definition) is 2. The fraction of sp³-hybridized carbons (Fsp3) is 0.750. The first-order valence-electron chi connectivity index (χ1n) is 8.82. The summed E-state index contributed by atoms with van der Waals surface area (Å²) in [7, 11) is 0. The minimum Gasteiger partial charge on any atom is -0.550 e. The fourth-order valence-electron chi connectivity index (χ4n) is 5.93. The molecule has 2 heteroatoms. The van der Waals surface area contributed by atoms with Crippen molar-refractivity contribution in [2.75, 3.05) is 0 Å². The molecule has 0 radical (unpaired) electrons. The molecule has 5 atom stereocenters. The van der Waals surface area contributed by atoms with Crippen molar-refractivity contribution in [1.29, 1.82) is 0 Å². The Morgan fingerprint density at radius 2 is 2.00 bits per heavy atom. The SMILES string of the molecule is C=CC1(C)C=C2CCC3C(C)(C(=O)[O-])CCCC3(C)C2CC1. The number of carbonyl (C=O) groups is 1. The summed E-state index contributed by atoms with van der Waals surface area (Å²) in [6.45, 7) is 10.6. The number of carboxylic acids is 1. The molecule has 0 amide bonds.